The summed E-state index contributed by atoms with van der Waals surface area (Å²) in [7, 11) is 1.88. The minimum Gasteiger partial charge on any atom is -0.390 e. The van der Waals surface area contributed by atoms with Gasteiger partial charge in [0.15, 0.2) is 0 Å². The van der Waals surface area contributed by atoms with E-state index in [1.165, 1.54) is 0 Å². The van der Waals surface area contributed by atoms with E-state index in [1.807, 2.05) is 36.8 Å². The number of allylic oxidation sites excluding steroid dienone is 5. The first kappa shape index (κ1) is 11.5. The number of hydrogen-bond donors (Lipinski definition) is 1. The highest BCUT2D eigenvalue weighted by Crippen LogP contribution is 2.15. The van der Waals surface area contributed by atoms with E-state index in [-0.39, 0.29) is 6.61 Å². The molecular formula is C12H16N2O. The Kier molecular flexibility index (Phi) is 4.06. The molecule has 0 bridgehead atoms. The van der Waals surface area contributed by atoms with E-state index in [0.717, 1.165) is 17.1 Å². The lowest BCUT2D eigenvalue weighted by Gasteiger charge is -2.04. The smallest absolute Gasteiger partial charge is 0.139 e. The highest BCUT2D eigenvalue weighted by atomic mass is 16.3. The zero-order valence-electron chi connectivity index (χ0n) is 9.14. The molecule has 0 saturated heterocycles. The SMILES string of the molecule is C=CC=C(C=CC)c1ncc(CO)n1C. The number of imidazole rings is 1. The molecule has 15 heavy (non-hydrogen) atoms. The first-order valence-corrected chi connectivity index (χ1v) is 4.81. The van der Waals surface area contributed by atoms with Crippen LogP contribution in [-0.2, 0) is 13.7 Å². The molecule has 1 N–H and O–H groups in total. The molecule has 0 aliphatic rings. The summed E-state index contributed by atoms with van der Waals surface area (Å²) >= 11 is 0. The molecule has 0 amide bonds. The quantitative estimate of drug-likeness (QED) is 0.762. The lowest BCUT2D eigenvalue weighted by Crippen LogP contribution is -2.00. The van der Waals surface area contributed by atoms with Crippen molar-refractivity contribution in [3.05, 3.63) is 48.6 Å². The van der Waals surface area contributed by atoms with Crippen LogP contribution in [0.15, 0.2) is 37.1 Å². The number of aliphatic hydroxyl groups is 1. The summed E-state index contributed by atoms with van der Waals surface area (Å²) < 4.78 is 1.87. The van der Waals surface area contributed by atoms with Crippen molar-refractivity contribution < 1.29 is 5.11 Å². The summed E-state index contributed by atoms with van der Waals surface area (Å²) in [4.78, 5) is 4.26. The topological polar surface area (TPSA) is 38.1 Å². The molecule has 1 aromatic heterocycles. The van der Waals surface area contributed by atoms with Gasteiger partial charge in [-0.1, -0.05) is 30.9 Å². The first-order chi connectivity index (χ1) is 7.24. The van der Waals surface area contributed by atoms with Crippen molar-refractivity contribution in [1.82, 2.24) is 9.55 Å². The van der Waals surface area contributed by atoms with Crippen LogP contribution in [-0.4, -0.2) is 14.7 Å². The second-order valence-electron chi connectivity index (χ2n) is 3.15. The van der Waals surface area contributed by atoms with E-state index in [9.17, 15) is 0 Å². The van der Waals surface area contributed by atoms with Gasteiger partial charge in [0.25, 0.3) is 0 Å². The van der Waals surface area contributed by atoms with E-state index < -0.39 is 0 Å². The third-order valence-corrected chi connectivity index (χ3v) is 2.15. The van der Waals surface area contributed by atoms with Gasteiger partial charge in [-0.2, -0.15) is 0 Å². The Hall–Kier alpha value is -1.61. The summed E-state index contributed by atoms with van der Waals surface area (Å²) in [6.07, 6.45) is 9.20. The molecule has 1 aromatic rings. The van der Waals surface area contributed by atoms with Crippen molar-refractivity contribution in [2.24, 2.45) is 7.05 Å². The Morgan fingerprint density at radius 2 is 2.40 bits per heavy atom. The molecule has 1 heterocycles. The second kappa shape index (κ2) is 5.32. The highest BCUT2D eigenvalue weighted by molar-refractivity contribution is 5.71. The number of aromatic nitrogens is 2. The Morgan fingerprint density at radius 3 is 2.87 bits per heavy atom. The molecule has 0 unspecified atom stereocenters. The summed E-state index contributed by atoms with van der Waals surface area (Å²) in [5.41, 5.74) is 1.78. The zero-order chi connectivity index (χ0) is 11.3. The van der Waals surface area contributed by atoms with Crippen molar-refractivity contribution in [1.29, 1.82) is 0 Å². The molecule has 0 aromatic carbocycles. The van der Waals surface area contributed by atoms with Gasteiger partial charge in [-0.3, -0.25) is 0 Å². The molecule has 0 aliphatic heterocycles. The molecule has 0 fully saturated rings. The Bertz CT molecular complexity index is 400. The van der Waals surface area contributed by atoms with Crippen LogP contribution in [0, 0.1) is 0 Å². The van der Waals surface area contributed by atoms with E-state index in [4.69, 9.17) is 5.11 Å². The Morgan fingerprint density at radius 1 is 1.67 bits per heavy atom. The minimum atomic E-state index is 0.000703. The zero-order valence-corrected chi connectivity index (χ0v) is 9.14. The Balaban J connectivity index is 3.17. The van der Waals surface area contributed by atoms with Crippen LogP contribution in [0.5, 0.6) is 0 Å². The van der Waals surface area contributed by atoms with E-state index in [2.05, 4.69) is 11.6 Å². The van der Waals surface area contributed by atoms with Gasteiger partial charge in [0.2, 0.25) is 0 Å². The standard InChI is InChI=1S/C12H16N2O/c1-4-6-10(7-5-2)12-13-8-11(9-15)14(12)3/h4-8,15H,1,9H2,2-3H3. The van der Waals surface area contributed by atoms with Crippen LogP contribution >= 0.6 is 0 Å². The summed E-state index contributed by atoms with van der Waals surface area (Å²) in [5.74, 6) is 0.831. The third kappa shape index (κ3) is 2.44. The van der Waals surface area contributed by atoms with Gasteiger partial charge in [-0.25, -0.2) is 4.98 Å². The molecule has 0 spiro atoms. The van der Waals surface area contributed by atoms with Gasteiger partial charge in [-0.05, 0) is 6.92 Å². The summed E-state index contributed by atoms with van der Waals surface area (Å²) in [5, 5.41) is 9.05. The normalized spacial score (nSPS) is 12.3. The van der Waals surface area contributed by atoms with Crippen LogP contribution in [0.1, 0.15) is 18.4 Å². The van der Waals surface area contributed by atoms with Crippen LogP contribution in [0.4, 0.5) is 0 Å². The lowest BCUT2D eigenvalue weighted by molar-refractivity contribution is 0.272. The average molecular weight is 204 g/mol. The van der Waals surface area contributed by atoms with E-state index >= 15 is 0 Å². The van der Waals surface area contributed by atoms with Crippen molar-refractivity contribution in [3.8, 4) is 0 Å². The van der Waals surface area contributed by atoms with Crippen LogP contribution in [0.25, 0.3) is 5.57 Å². The minimum absolute atomic E-state index is 0.000703. The van der Waals surface area contributed by atoms with Gasteiger partial charge in [-0.15, -0.1) is 0 Å². The molecule has 0 atom stereocenters. The van der Waals surface area contributed by atoms with Gasteiger partial charge in [0.1, 0.15) is 5.82 Å². The van der Waals surface area contributed by atoms with E-state index in [1.54, 1.807) is 12.3 Å². The van der Waals surface area contributed by atoms with Gasteiger partial charge in [0, 0.05) is 12.6 Å². The maximum Gasteiger partial charge on any atom is 0.139 e. The molecule has 3 nitrogen and oxygen atoms in total. The molecule has 3 heteroatoms. The average Bonchev–Trinajstić information content (AvgIpc) is 2.59. The molecule has 80 valence electrons. The highest BCUT2D eigenvalue weighted by Gasteiger charge is 2.07. The van der Waals surface area contributed by atoms with Gasteiger partial charge >= 0.3 is 0 Å². The lowest BCUT2D eigenvalue weighted by atomic mass is 10.2. The van der Waals surface area contributed by atoms with Crippen LogP contribution in [0.3, 0.4) is 0 Å². The van der Waals surface area contributed by atoms with Crippen LogP contribution in [0.2, 0.25) is 0 Å². The molecule has 0 saturated carbocycles. The fraction of sp³-hybridized carbons (Fsp3) is 0.250. The number of nitrogens with zero attached hydrogens (tertiary/aromatic N) is 2. The predicted molar refractivity (Wildman–Crippen MR) is 62.1 cm³/mol. The molecule has 0 aliphatic carbocycles. The fourth-order valence-electron chi connectivity index (χ4n) is 1.37. The molecular weight excluding hydrogens is 188 g/mol. The largest absolute Gasteiger partial charge is 0.390 e. The van der Waals surface area contributed by atoms with Crippen molar-refractivity contribution in [2.45, 2.75) is 13.5 Å². The van der Waals surface area contributed by atoms with E-state index in [0.29, 0.717) is 0 Å². The van der Waals surface area contributed by atoms with Crippen molar-refractivity contribution >= 4 is 5.57 Å². The summed E-state index contributed by atoms with van der Waals surface area (Å²) in [6.45, 7) is 5.62. The number of hydrogen-bond acceptors (Lipinski definition) is 2. The van der Waals surface area contributed by atoms with Crippen molar-refractivity contribution in [2.75, 3.05) is 0 Å². The van der Waals surface area contributed by atoms with Crippen molar-refractivity contribution in [3.63, 3.8) is 0 Å². The fourth-order valence-corrected chi connectivity index (χ4v) is 1.37. The van der Waals surface area contributed by atoms with Gasteiger partial charge < -0.3 is 9.67 Å². The molecule has 0 radical (unpaired) electrons. The first-order valence-electron chi connectivity index (χ1n) is 4.81. The monoisotopic (exact) mass is 204 g/mol. The van der Waals surface area contributed by atoms with Crippen LogP contribution < -0.4 is 0 Å². The third-order valence-electron chi connectivity index (χ3n) is 2.15. The predicted octanol–water partition coefficient (Wildman–Crippen LogP) is 2.06. The van der Waals surface area contributed by atoms with Gasteiger partial charge in [0.05, 0.1) is 18.5 Å². The number of rotatable bonds is 4. The maximum atomic E-state index is 9.05. The molecule has 1 rings (SSSR count). The Labute approximate surface area is 90.1 Å². The number of aliphatic hydroxyl groups excluding tert-OH is 1. The maximum absolute atomic E-state index is 9.05. The second-order valence-corrected chi connectivity index (χ2v) is 3.15. The summed E-state index contributed by atoms with van der Waals surface area (Å²) in [6, 6.07) is 0.